The quantitative estimate of drug-likeness (QED) is 0.341. The molecule has 0 bridgehead atoms. The van der Waals surface area contributed by atoms with E-state index in [1.54, 1.807) is 0 Å². The molecule has 0 aliphatic heterocycles. The van der Waals surface area contributed by atoms with Crippen molar-refractivity contribution in [1.82, 2.24) is 0 Å². The molecule has 0 spiro atoms. The monoisotopic (exact) mass is 157 g/mol. The number of rotatable bonds is 0. The van der Waals surface area contributed by atoms with Crippen LogP contribution in [0, 0.1) is 0 Å². The van der Waals surface area contributed by atoms with E-state index in [0.717, 1.165) is 17.4 Å². The number of carboxylic acid groups (broad SMARTS) is 2. The Hall–Kier alpha value is -0.676. The number of carbonyl (C=O) groups is 2. The predicted octanol–water partition coefficient (Wildman–Crippen LogP) is -3.39. The van der Waals surface area contributed by atoms with Crippen molar-refractivity contribution in [2.24, 2.45) is 0 Å². The molecule has 0 aromatic carbocycles. The SMILES string of the molecule is O=C[O-].O=C[O-].[O]=[V+2]. The maximum absolute atomic E-state index is 8.25. The van der Waals surface area contributed by atoms with Crippen LogP contribution in [0.4, 0.5) is 0 Å². The Balaban J connectivity index is -0.0000000483. The van der Waals surface area contributed by atoms with E-state index in [4.69, 9.17) is 23.5 Å². The zero-order valence-electron chi connectivity index (χ0n) is 3.64. The minimum atomic E-state index is -0.500. The molecule has 0 aromatic rings. The van der Waals surface area contributed by atoms with Gasteiger partial charge in [-0.15, -0.1) is 0 Å². The average molecular weight is 157 g/mol. The molecule has 8 heavy (non-hydrogen) atoms. The van der Waals surface area contributed by atoms with Gasteiger partial charge in [0.15, 0.2) is 0 Å². The van der Waals surface area contributed by atoms with Gasteiger partial charge in [-0.3, -0.25) is 0 Å². The van der Waals surface area contributed by atoms with Gasteiger partial charge in [-0.2, -0.15) is 0 Å². The van der Waals surface area contributed by atoms with Crippen molar-refractivity contribution in [2.45, 2.75) is 0 Å². The molecule has 0 unspecified atom stereocenters. The van der Waals surface area contributed by atoms with Gasteiger partial charge < -0.3 is 19.8 Å². The van der Waals surface area contributed by atoms with Crippen LogP contribution in [-0.2, 0) is 30.6 Å². The zero-order valence-corrected chi connectivity index (χ0v) is 5.04. The molecule has 0 amide bonds. The zero-order chi connectivity index (χ0) is 7.41. The Kier molecular flexibility index (Phi) is 200. The normalized spacial score (nSPS) is 3.75. The van der Waals surface area contributed by atoms with Crippen molar-refractivity contribution in [2.75, 3.05) is 0 Å². The third-order valence-corrected chi connectivity index (χ3v) is 0. The molecule has 0 saturated heterocycles. The van der Waals surface area contributed by atoms with Gasteiger partial charge in [-0.25, -0.2) is 0 Å². The van der Waals surface area contributed by atoms with E-state index in [1.165, 1.54) is 0 Å². The van der Waals surface area contributed by atoms with Crippen LogP contribution in [0.3, 0.4) is 0 Å². The molecule has 0 radical (unpaired) electrons. The Bertz CT molecular complexity index is 39.7. The van der Waals surface area contributed by atoms with Crippen LogP contribution in [0.5, 0.6) is 0 Å². The summed E-state index contributed by atoms with van der Waals surface area (Å²) >= 11 is 1.06. The maximum atomic E-state index is 8.25. The number of carbonyl (C=O) groups excluding carboxylic acids is 2. The molecular weight excluding hydrogens is 155 g/mol. The van der Waals surface area contributed by atoms with Crippen LogP contribution in [0.25, 0.3) is 0 Å². The van der Waals surface area contributed by atoms with Crippen LogP contribution < -0.4 is 10.2 Å². The van der Waals surface area contributed by atoms with E-state index in [1.807, 2.05) is 0 Å². The Morgan fingerprint density at radius 1 is 1.00 bits per heavy atom. The van der Waals surface area contributed by atoms with E-state index in [9.17, 15) is 0 Å². The van der Waals surface area contributed by atoms with Gasteiger partial charge in [0.1, 0.15) is 0 Å². The van der Waals surface area contributed by atoms with Crippen LogP contribution in [0.15, 0.2) is 0 Å². The summed E-state index contributed by atoms with van der Waals surface area (Å²) in [4.78, 5) is 16.5. The van der Waals surface area contributed by atoms with E-state index in [2.05, 4.69) is 0 Å². The van der Waals surface area contributed by atoms with Crippen LogP contribution in [-0.4, -0.2) is 12.9 Å². The summed E-state index contributed by atoms with van der Waals surface area (Å²) in [5, 5.41) is 16.5. The van der Waals surface area contributed by atoms with Crippen molar-refractivity contribution in [1.29, 1.82) is 0 Å². The van der Waals surface area contributed by atoms with Gasteiger partial charge in [-0.05, 0) is 0 Å². The average Bonchev–Trinajstić information content (AvgIpc) is 1.75. The first-order chi connectivity index (χ1) is 3.83. The summed E-state index contributed by atoms with van der Waals surface area (Å²) in [6.07, 6.45) is 0. The molecular formula is C2H2O5V. The van der Waals surface area contributed by atoms with Crippen LogP contribution in [0.1, 0.15) is 0 Å². The van der Waals surface area contributed by atoms with Gasteiger partial charge in [0, 0.05) is 12.9 Å². The Morgan fingerprint density at radius 2 is 1.00 bits per heavy atom. The van der Waals surface area contributed by atoms with E-state index < -0.39 is 12.9 Å². The summed E-state index contributed by atoms with van der Waals surface area (Å²) < 4.78 is 8.19. The molecule has 0 heterocycles. The van der Waals surface area contributed by atoms with E-state index in [0.29, 0.717) is 0 Å². The van der Waals surface area contributed by atoms with Gasteiger partial charge in [-0.1, -0.05) is 0 Å². The van der Waals surface area contributed by atoms with Crippen molar-refractivity contribution < 1.29 is 40.8 Å². The molecule has 0 aromatic heterocycles. The molecule has 0 atom stereocenters. The van der Waals surface area contributed by atoms with E-state index in [-0.39, 0.29) is 0 Å². The number of hydrogen-bond acceptors (Lipinski definition) is 5. The second-order valence-electron chi connectivity index (χ2n) is 0.192. The Morgan fingerprint density at radius 3 is 1.00 bits per heavy atom. The minimum absolute atomic E-state index is 0.500. The van der Waals surface area contributed by atoms with E-state index >= 15 is 0 Å². The summed E-state index contributed by atoms with van der Waals surface area (Å²) in [5.74, 6) is 0. The summed E-state index contributed by atoms with van der Waals surface area (Å²) in [6.45, 7) is -1.00. The molecule has 45 valence electrons. The van der Waals surface area contributed by atoms with Crippen LogP contribution in [0.2, 0.25) is 0 Å². The second kappa shape index (κ2) is 102. The molecule has 0 N–H and O–H groups in total. The standard InChI is InChI=1S/2CH2O2.O.V/c2*2-1-3;;/h2*1H,(H,2,3);;/q;;;+2/p-2. The second-order valence-corrected chi connectivity index (χ2v) is 0.192. The molecule has 0 rings (SSSR count). The molecule has 0 fully saturated rings. The molecule has 0 aliphatic carbocycles. The van der Waals surface area contributed by atoms with Crippen molar-refractivity contribution in [3.8, 4) is 0 Å². The van der Waals surface area contributed by atoms with Gasteiger partial charge in [0.05, 0.1) is 0 Å². The first-order valence-corrected chi connectivity index (χ1v) is 1.70. The van der Waals surface area contributed by atoms with Gasteiger partial charge in [0.25, 0.3) is 0 Å². The Labute approximate surface area is 54.5 Å². The fourth-order valence-electron chi connectivity index (χ4n) is 0. The summed E-state index contributed by atoms with van der Waals surface area (Å²) in [6, 6.07) is 0. The molecule has 6 heteroatoms. The number of hydrogen-bond donors (Lipinski definition) is 0. The molecule has 5 nitrogen and oxygen atoms in total. The third-order valence-electron chi connectivity index (χ3n) is 0. The van der Waals surface area contributed by atoms with Crippen molar-refractivity contribution in [3.05, 3.63) is 0 Å². The van der Waals surface area contributed by atoms with Crippen molar-refractivity contribution in [3.63, 3.8) is 0 Å². The van der Waals surface area contributed by atoms with Gasteiger partial charge in [0.2, 0.25) is 0 Å². The fraction of sp³-hybridized carbons (Fsp3) is 0. The molecule has 0 aliphatic rings. The first kappa shape index (κ1) is 15.7. The summed E-state index contributed by atoms with van der Waals surface area (Å²) in [7, 11) is 0. The predicted molar refractivity (Wildman–Crippen MR) is 12.8 cm³/mol. The fourth-order valence-corrected chi connectivity index (χ4v) is 0. The van der Waals surface area contributed by atoms with Crippen LogP contribution >= 0.6 is 0 Å². The first-order valence-electron chi connectivity index (χ1n) is 1.13. The molecule has 0 saturated carbocycles. The topological polar surface area (TPSA) is 97.3 Å². The third kappa shape index (κ3) is 218. The van der Waals surface area contributed by atoms with Crippen molar-refractivity contribution >= 4 is 12.9 Å². The summed E-state index contributed by atoms with van der Waals surface area (Å²) in [5.41, 5.74) is 0. The van der Waals surface area contributed by atoms with Gasteiger partial charge >= 0.3 is 21.0 Å².